The third-order valence-corrected chi connectivity index (χ3v) is 2.03. The summed E-state index contributed by atoms with van der Waals surface area (Å²) in [6, 6.07) is 5.56. The number of hydroxylamine groups is 1. The summed E-state index contributed by atoms with van der Waals surface area (Å²) < 4.78 is 1.78. The molecule has 0 aliphatic carbocycles. The molecular formula is C9H9N3O2. The minimum Gasteiger partial charge on any atom is -0.304 e. The lowest BCUT2D eigenvalue weighted by molar-refractivity contribution is 0.0701. The van der Waals surface area contributed by atoms with E-state index < -0.39 is 5.91 Å². The van der Waals surface area contributed by atoms with Crippen molar-refractivity contribution >= 4 is 11.6 Å². The largest absolute Gasteiger partial charge is 0.304 e. The average Bonchev–Trinajstić information content (AvgIpc) is 2.62. The molecule has 0 atom stereocenters. The van der Waals surface area contributed by atoms with E-state index in [2.05, 4.69) is 4.98 Å². The Morgan fingerprint density at radius 2 is 2.36 bits per heavy atom. The number of imidazole rings is 1. The molecule has 0 radical (unpaired) electrons. The molecule has 2 N–H and O–H groups in total. The Hall–Kier alpha value is -1.88. The van der Waals surface area contributed by atoms with Gasteiger partial charge in [-0.25, -0.2) is 10.5 Å². The van der Waals surface area contributed by atoms with Crippen molar-refractivity contribution < 1.29 is 10.0 Å². The van der Waals surface area contributed by atoms with Gasteiger partial charge in [-0.05, 0) is 19.1 Å². The highest BCUT2D eigenvalue weighted by atomic mass is 16.5. The van der Waals surface area contributed by atoms with Crippen LogP contribution >= 0.6 is 0 Å². The number of pyridine rings is 1. The maximum Gasteiger partial charge on any atom is 0.294 e. The molecule has 0 saturated carbocycles. The fraction of sp³-hybridized carbons (Fsp3) is 0.111. The molecule has 72 valence electrons. The first-order valence-corrected chi connectivity index (χ1v) is 4.11. The fourth-order valence-corrected chi connectivity index (χ4v) is 1.32. The molecule has 1 amide bonds. The van der Waals surface area contributed by atoms with Crippen molar-refractivity contribution in [2.24, 2.45) is 0 Å². The van der Waals surface area contributed by atoms with Crippen LogP contribution in [-0.4, -0.2) is 20.5 Å². The van der Waals surface area contributed by atoms with Crippen molar-refractivity contribution in [3.05, 3.63) is 35.8 Å². The highest BCUT2D eigenvalue weighted by Gasteiger charge is 2.09. The molecule has 2 rings (SSSR count). The smallest absolute Gasteiger partial charge is 0.294 e. The Labute approximate surface area is 80.0 Å². The number of hydrogen-bond donors (Lipinski definition) is 2. The zero-order valence-electron chi connectivity index (χ0n) is 7.56. The highest BCUT2D eigenvalue weighted by molar-refractivity contribution is 5.91. The SMILES string of the molecule is Cc1cccc2nc(C(=O)NO)cn12. The first-order chi connectivity index (χ1) is 6.72. The second-order valence-electron chi connectivity index (χ2n) is 2.96. The van der Waals surface area contributed by atoms with Crippen molar-refractivity contribution in [1.82, 2.24) is 14.9 Å². The van der Waals surface area contributed by atoms with E-state index in [1.165, 1.54) is 0 Å². The van der Waals surface area contributed by atoms with E-state index in [-0.39, 0.29) is 5.69 Å². The van der Waals surface area contributed by atoms with E-state index in [0.717, 1.165) is 5.69 Å². The molecule has 2 aromatic rings. The standard InChI is InChI=1S/C9H9N3O2/c1-6-3-2-4-8-10-7(5-12(6)8)9(13)11-14/h2-5,14H,1H3,(H,11,13). The molecule has 0 spiro atoms. The zero-order chi connectivity index (χ0) is 10.1. The molecule has 5 nitrogen and oxygen atoms in total. The first-order valence-electron chi connectivity index (χ1n) is 4.11. The predicted octanol–water partition coefficient (Wildman–Crippen LogP) is 0.762. The molecule has 0 aromatic carbocycles. The molecule has 0 unspecified atom stereocenters. The van der Waals surface area contributed by atoms with Gasteiger partial charge in [0.25, 0.3) is 5.91 Å². The van der Waals surface area contributed by atoms with E-state index in [1.54, 1.807) is 22.1 Å². The Balaban J connectivity index is 2.62. The lowest BCUT2D eigenvalue weighted by Crippen LogP contribution is -2.18. The van der Waals surface area contributed by atoms with E-state index >= 15 is 0 Å². The Bertz CT molecular complexity index is 490. The number of nitrogens with zero attached hydrogens (tertiary/aromatic N) is 2. The summed E-state index contributed by atoms with van der Waals surface area (Å²) in [6.07, 6.45) is 1.58. The van der Waals surface area contributed by atoms with Crippen LogP contribution in [0.15, 0.2) is 24.4 Å². The lowest BCUT2D eigenvalue weighted by Gasteiger charge is -1.95. The van der Waals surface area contributed by atoms with Gasteiger partial charge in [0.2, 0.25) is 0 Å². The summed E-state index contributed by atoms with van der Waals surface area (Å²) in [5.41, 5.74) is 3.41. The molecule has 0 fully saturated rings. The average molecular weight is 191 g/mol. The van der Waals surface area contributed by atoms with Crippen molar-refractivity contribution in [1.29, 1.82) is 0 Å². The summed E-state index contributed by atoms with van der Waals surface area (Å²) >= 11 is 0. The van der Waals surface area contributed by atoms with Crippen LogP contribution in [0, 0.1) is 6.92 Å². The second-order valence-corrected chi connectivity index (χ2v) is 2.96. The molecule has 0 bridgehead atoms. The van der Waals surface area contributed by atoms with E-state index in [1.807, 2.05) is 19.1 Å². The van der Waals surface area contributed by atoms with Gasteiger partial charge in [0.05, 0.1) is 0 Å². The molecular weight excluding hydrogens is 182 g/mol. The van der Waals surface area contributed by atoms with Gasteiger partial charge in [-0.3, -0.25) is 10.0 Å². The molecule has 14 heavy (non-hydrogen) atoms. The van der Waals surface area contributed by atoms with Crippen LogP contribution in [0.5, 0.6) is 0 Å². The molecule has 2 aromatic heterocycles. The molecule has 0 saturated heterocycles. The molecule has 2 heterocycles. The van der Waals surface area contributed by atoms with Crippen LogP contribution < -0.4 is 5.48 Å². The first kappa shape index (κ1) is 8.71. The maximum atomic E-state index is 11.1. The minimum atomic E-state index is -0.604. The van der Waals surface area contributed by atoms with Gasteiger partial charge >= 0.3 is 0 Å². The zero-order valence-corrected chi connectivity index (χ0v) is 7.56. The number of hydrogen-bond acceptors (Lipinski definition) is 3. The molecule has 5 heteroatoms. The van der Waals surface area contributed by atoms with E-state index in [0.29, 0.717) is 5.65 Å². The number of aromatic nitrogens is 2. The number of fused-ring (bicyclic) bond motifs is 1. The van der Waals surface area contributed by atoms with Crippen LogP contribution in [0.3, 0.4) is 0 Å². The quantitative estimate of drug-likeness (QED) is 0.516. The summed E-state index contributed by atoms with van der Waals surface area (Å²) in [5, 5.41) is 8.43. The minimum absolute atomic E-state index is 0.196. The normalized spacial score (nSPS) is 10.4. The summed E-state index contributed by atoms with van der Waals surface area (Å²) in [4.78, 5) is 15.1. The van der Waals surface area contributed by atoms with Crippen LogP contribution in [-0.2, 0) is 0 Å². The van der Waals surface area contributed by atoms with Crippen molar-refractivity contribution in [2.75, 3.05) is 0 Å². The van der Waals surface area contributed by atoms with Crippen LogP contribution in [0.4, 0.5) is 0 Å². The second kappa shape index (κ2) is 3.12. The van der Waals surface area contributed by atoms with Crippen molar-refractivity contribution in [2.45, 2.75) is 6.92 Å². The Kier molecular flexibility index (Phi) is 1.94. The third kappa shape index (κ3) is 1.23. The van der Waals surface area contributed by atoms with Gasteiger partial charge in [0.1, 0.15) is 11.3 Å². The van der Waals surface area contributed by atoms with Crippen LogP contribution in [0.1, 0.15) is 16.2 Å². The number of amides is 1. The van der Waals surface area contributed by atoms with Gasteiger partial charge in [0.15, 0.2) is 0 Å². The van der Waals surface area contributed by atoms with Crippen molar-refractivity contribution in [3.63, 3.8) is 0 Å². The van der Waals surface area contributed by atoms with Crippen LogP contribution in [0.2, 0.25) is 0 Å². The number of carbonyl (C=O) groups excluding carboxylic acids is 1. The highest BCUT2D eigenvalue weighted by Crippen LogP contribution is 2.07. The lowest BCUT2D eigenvalue weighted by atomic mass is 10.4. The summed E-state index contributed by atoms with van der Waals surface area (Å²) in [5.74, 6) is -0.604. The third-order valence-electron chi connectivity index (χ3n) is 2.03. The number of nitrogens with one attached hydrogen (secondary N) is 1. The van der Waals surface area contributed by atoms with E-state index in [9.17, 15) is 4.79 Å². The number of carbonyl (C=O) groups is 1. The van der Waals surface area contributed by atoms with Gasteiger partial charge < -0.3 is 4.40 Å². The van der Waals surface area contributed by atoms with Crippen LogP contribution in [0.25, 0.3) is 5.65 Å². The fourth-order valence-electron chi connectivity index (χ4n) is 1.32. The van der Waals surface area contributed by atoms with Gasteiger partial charge in [-0.15, -0.1) is 0 Å². The number of aryl methyl sites for hydroxylation is 1. The molecule has 0 aliphatic rings. The van der Waals surface area contributed by atoms with Crippen molar-refractivity contribution in [3.8, 4) is 0 Å². The molecule has 0 aliphatic heterocycles. The monoisotopic (exact) mass is 191 g/mol. The summed E-state index contributed by atoms with van der Waals surface area (Å²) in [7, 11) is 0. The topological polar surface area (TPSA) is 66.6 Å². The maximum absolute atomic E-state index is 11.1. The van der Waals surface area contributed by atoms with Gasteiger partial charge in [-0.2, -0.15) is 0 Å². The van der Waals surface area contributed by atoms with Gasteiger partial charge in [-0.1, -0.05) is 6.07 Å². The number of rotatable bonds is 1. The van der Waals surface area contributed by atoms with E-state index in [4.69, 9.17) is 5.21 Å². The predicted molar refractivity (Wildman–Crippen MR) is 49.2 cm³/mol. The summed E-state index contributed by atoms with van der Waals surface area (Å²) in [6.45, 7) is 1.91. The Morgan fingerprint density at radius 3 is 3.00 bits per heavy atom. The van der Waals surface area contributed by atoms with Gasteiger partial charge in [0, 0.05) is 11.9 Å². The Morgan fingerprint density at radius 1 is 1.57 bits per heavy atom.